The molecule has 0 amide bonds. The summed E-state index contributed by atoms with van der Waals surface area (Å²) in [7, 11) is 0. The second-order valence-electron chi connectivity index (χ2n) is 1.13. The van der Waals surface area contributed by atoms with E-state index in [0.29, 0.717) is 5.75 Å². The van der Waals surface area contributed by atoms with Crippen molar-refractivity contribution in [1.29, 1.82) is 0 Å². The Hall–Kier alpha value is -0.960. The third kappa shape index (κ3) is 0.721. The number of rotatable bonds is 1. The first kappa shape index (κ1) is 4.21. The molecule has 0 aromatic carbocycles. The molecule has 3 heteroatoms. The molecule has 1 N–H and O–H groups in total. The molecule has 1 aromatic heterocycles. The van der Waals surface area contributed by atoms with Gasteiger partial charge in [0.1, 0.15) is 0 Å². The minimum absolute atomic E-state index is 0.319. The van der Waals surface area contributed by atoms with E-state index in [0.717, 1.165) is 0 Å². The van der Waals surface area contributed by atoms with Gasteiger partial charge in [0.05, 0.1) is 0 Å². The van der Waals surface area contributed by atoms with E-state index < -0.39 is 0 Å². The molecular formula is C4H4NO2. The van der Waals surface area contributed by atoms with Gasteiger partial charge < -0.3 is 9.87 Å². The Morgan fingerprint density at radius 3 is 2.86 bits per heavy atom. The third-order valence-corrected chi connectivity index (χ3v) is 0.666. The molecule has 0 saturated heterocycles. The monoisotopic (exact) mass is 98.0 g/mol. The van der Waals surface area contributed by atoms with Crippen molar-refractivity contribution in [3.63, 3.8) is 0 Å². The molecule has 0 aliphatic carbocycles. The number of H-pyrrole nitrogens is 1. The van der Waals surface area contributed by atoms with Crippen molar-refractivity contribution in [2.75, 3.05) is 0 Å². The maximum Gasteiger partial charge on any atom is 0.186 e. The SMILES string of the molecule is [O]Oc1cc[nH]c1. The van der Waals surface area contributed by atoms with Crippen LogP contribution in [0.4, 0.5) is 0 Å². The van der Waals surface area contributed by atoms with E-state index in [1.165, 1.54) is 6.20 Å². The van der Waals surface area contributed by atoms with Gasteiger partial charge in [-0.1, -0.05) is 0 Å². The number of aromatic nitrogens is 1. The van der Waals surface area contributed by atoms with Crippen LogP contribution in [0.5, 0.6) is 5.75 Å². The van der Waals surface area contributed by atoms with Crippen LogP contribution in [0, 0.1) is 0 Å². The van der Waals surface area contributed by atoms with E-state index in [1.807, 2.05) is 0 Å². The fourth-order valence-corrected chi connectivity index (χ4v) is 0.360. The zero-order valence-corrected chi connectivity index (χ0v) is 3.55. The molecule has 0 aliphatic heterocycles. The van der Waals surface area contributed by atoms with E-state index in [1.54, 1.807) is 12.3 Å². The molecular weight excluding hydrogens is 94.0 g/mol. The predicted molar refractivity (Wildman–Crippen MR) is 22.1 cm³/mol. The molecule has 0 unspecified atom stereocenters. The summed E-state index contributed by atoms with van der Waals surface area (Å²) in [5.74, 6) is 0.319. The van der Waals surface area contributed by atoms with Crippen LogP contribution in [0.25, 0.3) is 0 Å². The Kier molecular flexibility index (Phi) is 0.997. The second kappa shape index (κ2) is 1.66. The molecule has 0 atom stereocenters. The Morgan fingerprint density at radius 2 is 2.57 bits per heavy atom. The van der Waals surface area contributed by atoms with Gasteiger partial charge in [-0.2, -0.15) is 0 Å². The van der Waals surface area contributed by atoms with Gasteiger partial charge in [0.2, 0.25) is 0 Å². The number of hydrogen-bond acceptors (Lipinski definition) is 1. The van der Waals surface area contributed by atoms with Gasteiger partial charge in [-0.3, -0.25) is 0 Å². The van der Waals surface area contributed by atoms with Crippen LogP contribution < -0.4 is 4.89 Å². The maximum atomic E-state index is 9.47. The number of aromatic amines is 1. The van der Waals surface area contributed by atoms with Gasteiger partial charge in [0.15, 0.2) is 5.75 Å². The average Bonchev–Trinajstić information content (AvgIpc) is 2.14. The van der Waals surface area contributed by atoms with Crippen molar-refractivity contribution in [3.8, 4) is 5.75 Å². The summed E-state index contributed by atoms with van der Waals surface area (Å²) in [4.78, 5) is 6.23. The summed E-state index contributed by atoms with van der Waals surface area (Å²) >= 11 is 0. The molecule has 1 radical (unpaired) electrons. The highest BCUT2D eigenvalue weighted by Crippen LogP contribution is 2.04. The summed E-state index contributed by atoms with van der Waals surface area (Å²) in [6.07, 6.45) is 3.10. The highest BCUT2D eigenvalue weighted by molar-refractivity contribution is 5.14. The highest BCUT2D eigenvalue weighted by atomic mass is 17.1. The zero-order chi connectivity index (χ0) is 5.11. The molecule has 0 spiro atoms. The van der Waals surface area contributed by atoms with Crippen LogP contribution in [-0.2, 0) is 5.26 Å². The molecule has 3 nitrogen and oxygen atoms in total. The Bertz CT molecular complexity index is 124. The van der Waals surface area contributed by atoms with Crippen LogP contribution in [0.3, 0.4) is 0 Å². The first-order valence-electron chi connectivity index (χ1n) is 1.86. The lowest BCUT2D eigenvalue weighted by Gasteiger charge is -1.78. The van der Waals surface area contributed by atoms with Gasteiger partial charge in [0.25, 0.3) is 0 Å². The summed E-state index contributed by atoms with van der Waals surface area (Å²) < 4.78 is 0. The molecule has 37 valence electrons. The van der Waals surface area contributed by atoms with Crippen LogP contribution in [0.15, 0.2) is 18.5 Å². The quantitative estimate of drug-likeness (QED) is 0.408. The van der Waals surface area contributed by atoms with E-state index in [2.05, 4.69) is 9.87 Å². The van der Waals surface area contributed by atoms with Gasteiger partial charge in [-0.05, 0) is 0 Å². The van der Waals surface area contributed by atoms with E-state index in [4.69, 9.17) is 0 Å². The van der Waals surface area contributed by atoms with Crippen molar-refractivity contribution in [2.24, 2.45) is 0 Å². The summed E-state index contributed by atoms with van der Waals surface area (Å²) in [5.41, 5.74) is 0. The van der Waals surface area contributed by atoms with Gasteiger partial charge in [-0.25, -0.2) is 0 Å². The van der Waals surface area contributed by atoms with E-state index in [9.17, 15) is 5.26 Å². The average molecular weight is 98.1 g/mol. The zero-order valence-electron chi connectivity index (χ0n) is 3.55. The normalized spacial score (nSPS) is 8.71. The lowest BCUT2D eigenvalue weighted by atomic mass is 10.6. The van der Waals surface area contributed by atoms with Crippen LogP contribution >= 0.6 is 0 Å². The predicted octanol–water partition coefficient (Wildman–Crippen LogP) is 0.739. The van der Waals surface area contributed by atoms with Crippen molar-refractivity contribution in [1.82, 2.24) is 4.98 Å². The molecule has 0 bridgehead atoms. The standard InChI is InChI=1S/C4H4NO2/c6-7-4-1-2-5-3-4/h1-3,5H. The van der Waals surface area contributed by atoms with Crippen molar-refractivity contribution < 1.29 is 10.1 Å². The smallest absolute Gasteiger partial charge is 0.186 e. The third-order valence-electron chi connectivity index (χ3n) is 0.666. The summed E-state index contributed by atoms with van der Waals surface area (Å²) in [6.45, 7) is 0. The first-order valence-corrected chi connectivity index (χ1v) is 1.86. The minimum Gasteiger partial charge on any atom is -0.364 e. The van der Waals surface area contributed by atoms with Crippen LogP contribution in [0.2, 0.25) is 0 Å². The largest absolute Gasteiger partial charge is 0.364 e. The van der Waals surface area contributed by atoms with Crippen molar-refractivity contribution in [3.05, 3.63) is 18.5 Å². The topological polar surface area (TPSA) is 44.9 Å². The Labute approximate surface area is 40.5 Å². The van der Waals surface area contributed by atoms with Gasteiger partial charge in [0, 0.05) is 23.7 Å². The van der Waals surface area contributed by atoms with Gasteiger partial charge in [-0.15, -0.1) is 0 Å². The van der Waals surface area contributed by atoms with E-state index in [-0.39, 0.29) is 0 Å². The Morgan fingerprint density at radius 1 is 1.71 bits per heavy atom. The van der Waals surface area contributed by atoms with E-state index >= 15 is 0 Å². The molecule has 1 heterocycles. The lowest BCUT2D eigenvalue weighted by molar-refractivity contribution is -0.208. The molecule has 1 aromatic rings. The summed E-state index contributed by atoms with van der Waals surface area (Å²) in [6, 6.07) is 1.55. The second-order valence-corrected chi connectivity index (χ2v) is 1.13. The summed E-state index contributed by atoms with van der Waals surface area (Å²) in [5, 5.41) is 9.47. The van der Waals surface area contributed by atoms with Crippen molar-refractivity contribution in [2.45, 2.75) is 0 Å². The lowest BCUT2D eigenvalue weighted by Crippen LogP contribution is -1.73. The van der Waals surface area contributed by atoms with Crippen molar-refractivity contribution >= 4 is 0 Å². The molecule has 0 aliphatic rings. The molecule has 7 heavy (non-hydrogen) atoms. The number of hydrogen-bond donors (Lipinski definition) is 1. The maximum absolute atomic E-state index is 9.47. The molecule has 0 fully saturated rings. The molecule has 1 rings (SSSR count). The van der Waals surface area contributed by atoms with Gasteiger partial charge >= 0.3 is 0 Å². The highest BCUT2D eigenvalue weighted by Gasteiger charge is 1.86. The fourth-order valence-electron chi connectivity index (χ4n) is 0.360. The molecule has 0 saturated carbocycles. The number of nitrogens with one attached hydrogen (secondary N) is 1. The Balaban J connectivity index is 2.76. The fraction of sp³-hybridized carbons (Fsp3) is 0. The minimum atomic E-state index is 0.319. The van der Waals surface area contributed by atoms with Crippen LogP contribution in [-0.4, -0.2) is 4.98 Å². The van der Waals surface area contributed by atoms with Crippen LogP contribution in [0.1, 0.15) is 0 Å². The first-order chi connectivity index (χ1) is 3.43.